The van der Waals surface area contributed by atoms with E-state index in [2.05, 4.69) is 55.3 Å². The van der Waals surface area contributed by atoms with Crippen molar-refractivity contribution in [2.24, 2.45) is 15.8 Å². The number of benzene rings is 2. The molecule has 0 fully saturated rings. The SMILES string of the molecule is CC(C)(C)C(=O)N1Cc2ccccc2C2C(N=NN2C(C)(C)C)c2ccccc21. The van der Waals surface area contributed by atoms with Gasteiger partial charge < -0.3 is 4.90 Å². The molecule has 2 aromatic carbocycles. The Morgan fingerprint density at radius 1 is 0.931 bits per heavy atom. The maximum Gasteiger partial charge on any atom is 0.232 e. The highest BCUT2D eigenvalue weighted by molar-refractivity contribution is 5.97. The van der Waals surface area contributed by atoms with Crippen LogP contribution in [0.1, 0.15) is 70.3 Å². The minimum atomic E-state index is -0.477. The summed E-state index contributed by atoms with van der Waals surface area (Å²) in [6, 6.07) is 16.4. The molecule has 0 spiro atoms. The first-order valence-electron chi connectivity index (χ1n) is 10.3. The van der Waals surface area contributed by atoms with E-state index in [0.29, 0.717) is 6.54 Å². The molecule has 5 heteroatoms. The predicted octanol–water partition coefficient (Wildman–Crippen LogP) is 5.84. The van der Waals surface area contributed by atoms with Gasteiger partial charge in [0.1, 0.15) is 12.1 Å². The number of hydrogen-bond acceptors (Lipinski definition) is 4. The highest BCUT2D eigenvalue weighted by Gasteiger charge is 2.44. The Kier molecular flexibility index (Phi) is 4.52. The summed E-state index contributed by atoms with van der Waals surface area (Å²) < 4.78 is 0. The van der Waals surface area contributed by atoms with Crippen molar-refractivity contribution in [3.63, 3.8) is 0 Å². The molecule has 2 aliphatic rings. The summed E-state index contributed by atoms with van der Waals surface area (Å²) in [5.74, 6) is 0.112. The van der Waals surface area contributed by atoms with Crippen LogP contribution in [0.15, 0.2) is 58.9 Å². The highest BCUT2D eigenvalue weighted by Crippen LogP contribution is 2.50. The van der Waals surface area contributed by atoms with Crippen LogP contribution in [-0.2, 0) is 11.3 Å². The Labute approximate surface area is 173 Å². The van der Waals surface area contributed by atoms with E-state index in [0.717, 1.165) is 16.8 Å². The molecule has 1 amide bonds. The maximum absolute atomic E-state index is 13.4. The molecule has 0 saturated heterocycles. The van der Waals surface area contributed by atoms with Crippen molar-refractivity contribution in [2.75, 3.05) is 4.90 Å². The van der Waals surface area contributed by atoms with E-state index in [-0.39, 0.29) is 23.5 Å². The molecule has 2 unspecified atom stereocenters. The van der Waals surface area contributed by atoms with Crippen LogP contribution in [0.2, 0.25) is 0 Å². The van der Waals surface area contributed by atoms with Gasteiger partial charge in [0.25, 0.3) is 0 Å². The average molecular weight is 391 g/mol. The number of anilines is 1. The third-order valence-corrected chi connectivity index (χ3v) is 5.66. The quantitative estimate of drug-likeness (QED) is 0.567. The van der Waals surface area contributed by atoms with Gasteiger partial charge in [-0.05, 0) is 38.0 Å². The third-order valence-electron chi connectivity index (χ3n) is 5.66. The van der Waals surface area contributed by atoms with Gasteiger partial charge in [-0.1, -0.05) is 68.5 Å². The Morgan fingerprint density at radius 2 is 1.55 bits per heavy atom. The van der Waals surface area contributed by atoms with Gasteiger partial charge >= 0.3 is 0 Å². The minimum Gasteiger partial charge on any atom is -0.307 e. The monoisotopic (exact) mass is 390 g/mol. The number of carbonyl (C=O) groups excluding carboxylic acids is 1. The van der Waals surface area contributed by atoms with Crippen molar-refractivity contribution in [3.8, 4) is 0 Å². The summed E-state index contributed by atoms with van der Waals surface area (Å²) in [5.41, 5.74) is 3.70. The lowest BCUT2D eigenvalue weighted by Crippen LogP contribution is -2.43. The lowest BCUT2D eigenvalue weighted by molar-refractivity contribution is -0.125. The van der Waals surface area contributed by atoms with Gasteiger partial charge in [0.15, 0.2) is 0 Å². The van der Waals surface area contributed by atoms with E-state index < -0.39 is 5.41 Å². The van der Waals surface area contributed by atoms with Gasteiger partial charge in [0, 0.05) is 16.7 Å². The zero-order valence-corrected chi connectivity index (χ0v) is 18.2. The number of carbonyl (C=O) groups is 1. The van der Waals surface area contributed by atoms with Gasteiger partial charge in [-0.2, -0.15) is 5.11 Å². The standard InChI is InChI=1S/C24H30N4O/c1-23(2,3)22(29)27-15-16-11-7-8-12-17(16)21-20(18-13-9-10-14-19(18)27)25-26-28(21)24(4,5)6/h7-14,20-21H,15H2,1-6H3. The fourth-order valence-electron chi connectivity index (χ4n) is 4.24. The average Bonchev–Trinajstić information content (AvgIpc) is 3.09. The molecule has 0 bridgehead atoms. The van der Waals surface area contributed by atoms with E-state index in [1.807, 2.05) is 49.9 Å². The maximum atomic E-state index is 13.4. The number of hydrogen-bond donors (Lipinski definition) is 0. The second-order valence-electron chi connectivity index (χ2n) is 10.0. The molecule has 2 aliphatic heterocycles. The first kappa shape index (κ1) is 19.6. The van der Waals surface area contributed by atoms with Crippen LogP contribution in [0.4, 0.5) is 5.69 Å². The van der Waals surface area contributed by atoms with Crippen LogP contribution in [0, 0.1) is 5.41 Å². The molecule has 2 aromatic rings. The third kappa shape index (κ3) is 3.33. The summed E-state index contributed by atoms with van der Waals surface area (Å²) >= 11 is 0. The summed E-state index contributed by atoms with van der Waals surface area (Å²) in [4.78, 5) is 15.4. The van der Waals surface area contributed by atoms with Crippen molar-refractivity contribution in [3.05, 3.63) is 65.2 Å². The zero-order valence-electron chi connectivity index (χ0n) is 18.2. The molecule has 2 atom stereocenters. The van der Waals surface area contributed by atoms with Gasteiger partial charge in [0.2, 0.25) is 5.91 Å². The number of fused-ring (bicyclic) bond motifs is 5. The van der Waals surface area contributed by atoms with Gasteiger partial charge in [0.05, 0.1) is 12.1 Å². The smallest absolute Gasteiger partial charge is 0.232 e. The molecule has 0 N–H and O–H groups in total. The van der Waals surface area contributed by atoms with Gasteiger partial charge in [-0.3, -0.25) is 9.80 Å². The van der Waals surface area contributed by atoms with Crippen molar-refractivity contribution in [1.29, 1.82) is 0 Å². The molecule has 29 heavy (non-hydrogen) atoms. The van der Waals surface area contributed by atoms with Gasteiger partial charge in [-0.15, -0.1) is 0 Å². The lowest BCUT2D eigenvalue weighted by atomic mass is 9.85. The first-order chi connectivity index (χ1) is 13.6. The molecule has 0 aliphatic carbocycles. The Morgan fingerprint density at radius 3 is 2.21 bits per heavy atom. The summed E-state index contributed by atoms with van der Waals surface area (Å²) in [6.07, 6.45) is 0. The fraction of sp³-hybridized carbons (Fsp3) is 0.458. The second kappa shape index (κ2) is 6.68. The van der Waals surface area contributed by atoms with E-state index in [4.69, 9.17) is 5.11 Å². The summed E-state index contributed by atoms with van der Waals surface area (Å²) in [5, 5.41) is 11.4. The second-order valence-corrected chi connectivity index (χ2v) is 10.0. The molecular weight excluding hydrogens is 360 g/mol. The molecule has 152 valence electrons. The first-order valence-corrected chi connectivity index (χ1v) is 10.3. The van der Waals surface area contributed by atoms with Crippen molar-refractivity contribution in [1.82, 2.24) is 5.01 Å². The molecule has 4 rings (SSSR count). The predicted molar refractivity (Wildman–Crippen MR) is 115 cm³/mol. The zero-order chi connectivity index (χ0) is 21.0. The minimum absolute atomic E-state index is 0.0132. The van der Waals surface area contributed by atoms with Crippen molar-refractivity contribution < 1.29 is 4.79 Å². The Bertz CT molecular complexity index is 967. The topological polar surface area (TPSA) is 48.3 Å². The molecular formula is C24H30N4O. The largest absolute Gasteiger partial charge is 0.307 e. The van der Waals surface area contributed by atoms with Crippen LogP contribution in [0.3, 0.4) is 0 Å². The lowest BCUT2D eigenvalue weighted by Gasteiger charge is -2.40. The number of amides is 1. The number of nitrogens with zero attached hydrogens (tertiary/aromatic N) is 4. The van der Waals surface area contributed by atoms with E-state index >= 15 is 0 Å². The molecule has 5 nitrogen and oxygen atoms in total. The van der Waals surface area contributed by atoms with Crippen LogP contribution in [-0.4, -0.2) is 16.5 Å². The summed E-state index contributed by atoms with van der Waals surface area (Å²) in [6.45, 7) is 13.0. The Balaban J connectivity index is 1.94. The molecule has 0 aromatic heterocycles. The van der Waals surface area contributed by atoms with Gasteiger partial charge in [-0.25, -0.2) is 0 Å². The van der Waals surface area contributed by atoms with Crippen LogP contribution < -0.4 is 4.90 Å². The van der Waals surface area contributed by atoms with Crippen molar-refractivity contribution in [2.45, 2.75) is 65.7 Å². The van der Waals surface area contributed by atoms with E-state index in [1.54, 1.807) is 0 Å². The Hall–Kier alpha value is -2.69. The molecule has 0 saturated carbocycles. The number of para-hydroxylation sites is 1. The van der Waals surface area contributed by atoms with E-state index in [9.17, 15) is 4.79 Å². The number of rotatable bonds is 0. The highest BCUT2D eigenvalue weighted by atomic mass is 16.2. The van der Waals surface area contributed by atoms with Crippen LogP contribution in [0.25, 0.3) is 0 Å². The summed E-state index contributed by atoms with van der Waals surface area (Å²) in [7, 11) is 0. The van der Waals surface area contributed by atoms with Crippen LogP contribution in [0.5, 0.6) is 0 Å². The molecule has 2 heterocycles. The van der Waals surface area contributed by atoms with Crippen molar-refractivity contribution >= 4 is 11.6 Å². The van der Waals surface area contributed by atoms with Crippen LogP contribution >= 0.6 is 0 Å². The molecule has 0 radical (unpaired) electrons. The van der Waals surface area contributed by atoms with E-state index in [1.165, 1.54) is 5.56 Å². The normalized spacial score (nSPS) is 21.2. The fourth-order valence-corrected chi connectivity index (χ4v) is 4.24.